The van der Waals surface area contributed by atoms with Crippen LogP contribution in [0.2, 0.25) is 0 Å². The maximum Gasteiger partial charge on any atom is 0.203 e. The minimum absolute atomic E-state index is 0.816. The molecule has 0 atom stereocenters. The van der Waals surface area contributed by atoms with Crippen LogP contribution in [0.25, 0.3) is 33.3 Å². The van der Waals surface area contributed by atoms with Crippen LogP contribution in [0.1, 0.15) is 13.8 Å². The van der Waals surface area contributed by atoms with Crippen molar-refractivity contribution in [3.63, 3.8) is 0 Å². The van der Waals surface area contributed by atoms with E-state index in [4.69, 9.17) is 9.40 Å². The number of hydrogen-bond acceptors (Lipinski definition) is 3. The number of nitrogens with zero attached hydrogens (tertiary/aromatic N) is 2. The van der Waals surface area contributed by atoms with E-state index in [1.807, 2.05) is 6.07 Å². The third-order valence-electron chi connectivity index (χ3n) is 5.44. The molecule has 0 bridgehead atoms. The average molecular weight is 412 g/mol. The predicted molar refractivity (Wildman–Crippen MR) is 125 cm³/mol. The summed E-state index contributed by atoms with van der Waals surface area (Å²) in [5.74, 6) is 0.817. The van der Waals surface area contributed by atoms with Crippen molar-refractivity contribution in [1.82, 2.24) is 9.56 Å². The van der Waals surface area contributed by atoms with Gasteiger partial charge in [0.05, 0.1) is 6.07 Å². The molecule has 5 rings (SSSR count). The van der Waals surface area contributed by atoms with Crippen LogP contribution in [0.15, 0.2) is 93.1 Å². The molecule has 3 aromatic rings. The molecular formula is C26H23N2OS+. The summed E-state index contributed by atoms with van der Waals surface area (Å²) in [4.78, 5) is 7.37. The molecule has 1 aliphatic carbocycles. The third kappa shape index (κ3) is 3.37. The van der Waals surface area contributed by atoms with Gasteiger partial charge in [-0.1, -0.05) is 54.2 Å². The summed E-state index contributed by atoms with van der Waals surface area (Å²) in [6.45, 7) is 6.27. The molecule has 148 valence electrons. The monoisotopic (exact) mass is 411 g/mol. The van der Waals surface area contributed by atoms with Gasteiger partial charge in [0.2, 0.25) is 5.36 Å². The van der Waals surface area contributed by atoms with Gasteiger partial charge in [0.1, 0.15) is 24.3 Å². The van der Waals surface area contributed by atoms with Crippen LogP contribution in [-0.4, -0.2) is 18.1 Å². The molecule has 3 aromatic carbocycles. The van der Waals surface area contributed by atoms with Gasteiger partial charge in [-0.2, -0.15) is 0 Å². The molecule has 0 aromatic heterocycles. The zero-order chi connectivity index (χ0) is 20.5. The SMILES string of the molecule is CC[N+](CC)=c1ccc2nc3c(cc(Sc4ccccc4)c4ccccc43)oc-2c1. The smallest absolute Gasteiger partial charge is 0.203 e. The number of fused-ring (bicyclic) bond motifs is 4. The second kappa shape index (κ2) is 7.96. The highest BCUT2D eigenvalue weighted by Gasteiger charge is 2.15. The Morgan fingerprint density at radius 3 is 2.33 bits per heavy atom. The lowest BCUT2D eigenvalue weighted by Gasteiger charge is -2.12. The van der Waals surface area contributed by atoms with Crippen LogP contribution in [0.4, 0.5) is 0 Å². The fraction of sp³-hybridized carbons (Fsp3) is 0.154. The van der Waals surface area contributed by atoms with Gasteiger partial charge in [0.15, 0.2) is 11.3 Å². The molecule has 0 amide bonds. The second-order valence-electron chi connectivity index (χ2n) is 7.22. The van der Waals surface area contributed by atoms with Crippen LogP contribution in [0.3, 0.4) is 0 Å². The molecule has 0 unspecified atom stereocenters. The molecule has 0 spiro atoms. The zero-order valence-corrected chi connectivity index (χ0v) is 17.9. The first-order valence-corrected chi connectivity index (χ1v) is 11.2. The Labute approximate surface area is 180 Å². The Kier molecular flexibility index (Phi) is 5.01. The first kappa shape index (κ1) is 18.9. The average Bonchev–Trinajstić information content (AvgIpc) is 2.79. The van der Waals surface area contributed by atoms with Crippen molar-refractivity contribution in [2.24, 2.45) is 0 Å². The topological polar surface area (TPSA) is 29.0 Å². The maximum absolute atomic E-state index is 6.41. The molecule has 3 nitrogen and oxygen atoms in total. The number of benzene rings is 4. The molecule has 1 aliphatic heterocycles. The lowest BCUT2D eigenvalue weighted by molar-refractivity contribution is 0.600. The molecule has 4 heteroatoms. The van der Waals surface area contributed by atoms with E-state index in [0.717, 1.165) is 46.4 Å². The van der Waals surface area contributed by atoms with E-state index in [-0.39, 0.29) is 0 Å². The Morgan fingerprint density at radius 1 is 0.833 bits per heavy atom. The summed E-state index contributed by atoms with van der Waals surface area (Å²) in [7, 11) is 0. The van der Waals surface area contributed by atoms with Gasteiger partial charge >= 0.3 is 0 Å². The van der Waals surface area contributed by atoms with Crippen molar-refractivity contribution in [3.8, 4) is 11.5 Å². The predicted octanol–water partition coefficient (Wildman–Crippen LogP) is 6.05. The Hall–Kier alpha value is -3.11. The fourth-order valence-electron chi connectivity index (χ4n) is 3.90. The van der Waals surface area contributed by atoms with Gasteiger partial charge in [-0.05, 0) is 43.5 Å². The van der Waals surface area contributed by atoms with E-state index in [1.165, 1.54) is 15.2 Å². The summed E-state index contributed by atoms with van der Waals surface area (Å²) < 4.78 is 8.73. The number of hydrogen-bond donors (Lipinski definition) is 0. The summed E-state index contributed by atoms with van der Waals surface area (Å²) in [5, 5.41) is 3.48. The van der Waals surface area contributed by atoms with Gasteiger partial charge < -0.3 is 4.42 Å². The Balaban J connectivity index is 1.78. The second-order valence-corrected chi connectivity index (χ2v) is 8.34. The third-order valence-corrected chi connectivity index (χ3v) is 6.50. The Morgan fingerprint density at radius 2 is 1.57 bits per heavy atom. The highest BCUT2D eigenvalue weighted by Crippen LogP contribution is 2.38. The molecule has 0 radical (unpaired) electrons. The van der Waals surface area contributed by atoms with Crippen molar-refractivity contribution in [2.75, 3.05) is 13.1 Å². The lowest BCUT2D eigenvalue weighted by Crippen LogP contribution is -2.29. The van der Waals surface area contributed by atoms with Crippen molar-refractivity contribution < 1.29 is 4.42 Å². The zero-order valence-electron chi connectivity index (χ0n) is 17.1. The summed E-state index contributed by atoms with van der Waals surface area (Å²) >= 11 is 1.76. The molecule has 2 aliphatic rings. The summed E-state index contributed by atoms with van der Waals surface area (Å²) in [6.07, 6.45) is 0. The fourth-order valence-corrected chi connectivity index (χ4v) is 4.90. The lowest BCUT2D eigenvalue weighted by atomic mass is 10.1. The van der Waals surface area contributed by atoms with Crippen molar-refractivity contribution >= 4 is 33.6 Å². The standard InChI is InChI=1S/C26H23N2OS/c1-3-28(4-2)18-14-15-22-23(16-18)29-24-17-25(30-19-10-6-5-7-11-19)20-12-8-9-13-21(20)26(24)27-22/h5-17H,3-4H2,1-2H3/q+1. The van der Waals surface area contributed by atoms with E-state index in [0.29, 0.717) is 0 Å². The molecule has 0 N–H and O–H groups in total. The van der Waals surface area contributed by atoms with Crippen molar-refractivity contribution in [2.45, 2.75) is 23.6 Å². The van der Waals surface area contributed by atoms with Crippen LogP contribution >= 0.6 is 11.8 Å². The molecule has 1 heterocycles. The first-order valence-electron chi connectivity index (χ1n) is 10.3. The van der Waals surface area contributed by atoms with Crippen LogP contribution in [-0.2, 0) is 0 Å². The van der Waals surface area contributed by atoms with E-state index < -0.39 is 0 Å². The summed E-state index contributed by atoms with van der Waals surface area (Å²) in [5.41, 5.74) is 2.61. The van der Waals surface area contributed by atoms with Gasteiger partial charge in [-0.3, -0.25) is 0 Å². The van der Waals surface area contributed by atoms with E-state index in [2.05, 4.69) is 91.2 Å². The van der Waals surface area contributed by atoms with Gasteiger partial charge in [0, 0.05) is 21.2 Å². The molecule has 0 saturated heterocycles. The van der Waals surface area contributed by atoms with Gasteiger partial charge in [0.25, 0.3) is 0 Å². The highest BCUT2D eigenvalue weighted by molar-refractivity contribution is 7.99. The quantitative estimate of drug-likeness (QED) is 0.205. The maximum atomic E-state index is 6.41. The van der Waals surface area contributed by atoms with Crippen LogP contribution in [0, 0.1) is 0 Å². The van der Waals surface area contributed by atoms with Crippen LogP contribution in [0.5, 0.6) is 0 Å². The normalized spacial score (nSPS) is 11.4. The molecule has 0 fully saturated rings. The molecular weight excluding hydrogens is 388 g/mol. The van der Waals surface area contributed by atoms with E-state index >= 15 is 0 Å². The van der Waals surface area contributed by atoms with E-state index in [9.17, 15) is 0 Å². The Bertz CT molecular complexity index is 1380. The van der Waals surface area contributed by atoms with E-state index in [1.54, 1.807) is 11.8 Å². The van der Waals surface area contributed by atoms with Gasteiger partial charge in [-0.15, -0.1) is 0 Å². The minimum atomic E-state index is 0.816. The largest absolute Gasteiger partial charge is 0.452 e. The summed E-state index contributed by atoms with van der Waals surface area (Å²) in [6, 6.07) is 27.3. The highest BCUT2D eigenvalue weighted by atomic mass is 32.2. The van der Waals surface area contributed by atoms with Crippen LogP contribution < -0.4 is 9.93 Å². The van der Waals surface area contributed by atoms with Crippen molar-refractivity contribution in [3.05, 3.63) is 84.2 Å². The van der Waals surface area contributed by atoms with Crippen molar-refractivity contribution in [1.29, 1.82) is 0 Å². The number of aromatic nitrogens is 1. The van der Waals surface area contributed by atoms with Gasteiger partial charge in [-0.25, -0.2) is 9.56 Å². The first-order chi connectivity index (χ1) is 14.8. The molecule has 30 heavy (non-hydrogen) atoms. The minimum Gasteiger partial charge on any atom is -0.452 e. The number of rotatable bonds is 4. The molecule has 0 saturated carbocycles.